The largest absolute Gasteiger partial charge is 0.480 e. The number of methoxy groups -OCH3 is 1. The average molecular weight is 237 g/mol. The fraction of sp³-hybridized carbons (Fsp3) is 0.545. The Balaban J connectivity index is 1.95. The lowest BCUT2D eigenvalue weighted by Gasteiger charge is -2.14. The van der Waals surface area contributed by atoms with Crippen LogP contribution in [-0.4, -0.2) is 47.1 Å². The van der Waals surface area contributed by atoms with Gasteiger partial charge in [-0.05, 0) is 0 Å². The Morgan fingerprint density at radius 3 is 2.88 bits per heavy atom. The van der Waals surface area contributed by atoms with Gasteiger partial charge in [0.2, 0.25) is 17.7 Å². The van der Waals surface area contributed by atoms with Crippen LogP contribution in [0.2, 0.25) is 0 Å². The van der Waals surface area contributed by atoms with Crippen LogP contribution in [0.1, 0.15) is 13.3 Å². The zero-order valence-corrected chi connectivity index (χ0v) is 9.92. The summed E-state index contributed by atoms with van der Waals surface area (Å²) in [5.41, 5.74) is 0. The van der Waals surface area contributed by atoms with E-state index in [2.05, 4.69) is 9.97 Å². The van der Waals surface area contributed by atoms with Crippen molar-refractivity contribution in [2.24, 2.45) is 0 Å². The molecule has 1 amide bonds. The van der Waals surface area contributed by atoms with Crippen molar-refractivity contribution in [3.63, 3.8) is 0 Å². The van der Waals surface area contributed by atoms with Crippen molar-refractivity contribution in [1.82, 2.24) is 14.9 Å². The highest BCUT2D eigenvalue weighted by Gasteiger charge is 2.25. The van der Waals surface area contributed by atoms with Gasteiger partial charge in [-0.2, -0.15) is 4.98 Å². The van der Waals surface area contributed by atoms with Crippen LogP contribution >= 0.6 is 0 Å². The van der Waals surface area contributed by atoms with E-state index in [1.807, 2.05) is 0 Å². The summed E-state index contributed by atoms with van der Waals surface area (Å²) < 4.78 is 10.6. The summed E-state index contributed by atoms with van der Waals surface area (Å²) in [4.78, 5) is 21.0. The third-order valence-corrected chi connectivity index (χ3v) is 2.68. The summed E-state index contributed by atoms with van der Waals surface area (Å²) in [6.07, 6.45) is 3.86. The smallest absolute Gasteiger partial charge is 0.235 e. The molecule has 0 saturated carbocycles. The molecule has 1 fully saturated rings. The zero-order valence-electron chi connectivity index (χ0n) is 9.92. The van der Waals surface area contributed by atoms with Gasteiger partial charge in [-0.3, -0.25) is 9.78 Å². The van der Waals surface area contributed by atoms with Gasteiger partial charge in [-0.15, -0.1) is 0 Å². The summed E-state index contributed by atoms with van der Waals surface area (Å²) in [5.74, 6) is 0.927. The van der Waals surface area contributed by atoms with Crippen LogP contribution in [-0.2, 0) is 4.79 Å². The molecule has 0 spiro atoms. The van der Waals surface area contributed by atoms with Gasteiger partial charge in [0.15, 0.2) is 0 Å². The number of aromatic nitrogens is 2. The first kappa shape index (κ1) is 11.6. The zero-order chi connectivity index (χ0) is 12.3. The number of carbonyl (C=O) groups excluding carboxylic acids is 1. The third-order valence-electron chi connectivity index (χ3n) is 2.68. The monoisotopic (exact) mass is 237 g/mol. The van der Waals surface area contributed by atoms with Gasteiger partial charge in [-0.1, -0.05) is 0 Å². The van der Waals surface area contributed by atoms with Crippen LogP contribution in [0, 0.1) is 0 Å². The van der Waals surface area contributed by atoms with Crippen molar-refractivity contribution < 1.29 is 14.3 Å². The Kier molecular flexibility index (Phi) is 3.41. The summed E-state index contributed by atoms with van der Waals surface area (Å²) in [6.45, 7) is 2.90. The highest BCUT2D eigenvalue weighted by molar-refractivity contribution is 5.73. The maximum Gasteiger partial charge on any atom is 0.235 e. The standard InChI is InChI=1S/C11H15N3O3/c1-8(15)14-4-3-9(7-14)17-11-6-12-5-10(13-11)16-2/h5-6,9H,3-4,7H2,1-2H3. The SMILES string of the molecule is COc1cncc(OC2CCN(C(C)=O)C2)n1. The molecular formula is C11H15N3O3. The van der Waals surface area contributed by atoms with E-state index in [-0.39, 0.29) is 12.0 Å². The molecule has 1 atom stereocenters. The van der Waals surface area contributed by atoms with Crippen LogP contribution < -0.4 is 9.47 Å². The van der Waals surface area contributed by atoms with Crippen molar-refractivity contribution in [1.29, 1.82) is 0 Å². The number of rotatable bonds is 3. The van der Waals surface area contributed by atoms with Crippen molar-refractivity contribution in [2.75, 3.05) is 20.2 Å². The van der Waals surface area contributed by atoms with Crippen LogP contribution in [0.25, 0.3) is 0 Å². The van der Waals surface area contributed by atoms with E-state index in [1.54, 1.807) is 18.0 Å². The van der Waals surface area contributed by atoms with Gasteiger partial charge in [0, 0.05) is 19.9 Å². The molecule has 92 valence electrons. The Labute approximate surface area is 99.6 Å². The topological polar surface area (TPSA) is 64.6 Å². The van der Waals surface area contributed by atoms with Crippen LogP contribution in [0.3, 0.4) is 0 Å². The van der Waals surface area contributed by atoms with Gasteiger partial charge in [-0.25, -0.2) is 0 Å². The first-order chi connectivity index (χ1) is 8.19. The highest BCUT2D eigenvalue weighted by atomic mass is 16.5. The molecule has 6 heteroatoms. The molecule has 6 nitrogen and oxygen atoms in total. The van der Waals surface area contributed by atoms with Gasteiger partial charge < -0.3 is 14.4 Å². The molecule has 1 aromatic heterocycles. The van der Waals surface area contributed by atoms with E-state index in [0.29, 0.717) is 18.3 Å². The van der Waals surface area contributed by atoms with Gasteiger partial charge in [0.25, 0.3) is 0 Å². The lowest BCUT2D eigenvalue weighted by molar-refractivity contribution is -0.128. The van der Waals surface area contributed by atoms with Crippen molar-refractivity contribution in [3.8, 4) is 11.8 Å². The molecule has 0 aromatic carbocycles. The number of amides is 1. The molecular weight excluding hydrogens is 222 g/mol. The number of nitrogens with zero attached hydrogens (tertiary/aromatic N) is 3. The Morgan fingerprint density at radius 1 is 1.47 bits per heavy atom. The van der Waals surface area contributed by atoms with E-state index < -0.39 is 0 Å². The molecule has 0 N–H and O–H groups in total. The molecule has 1 saturated heterocycles. The first-order valence-electron chi connectivity index (χ1n) is 5.47. The molecule has 17 heavy (non-hydrogen) atoms. The number of likely N-dealkylation sites (tertiary alicyclic amines) is 1. The fourth-order valence-electron chi connectivity index (χ4n) is 1.77. The van der Waals surface area contributed by atoms with E-state index in [9.17, 15) is 4.79 Å². The molecule has 0 radical (unpaired) electrons. The predicted molar refractivity (Wildman–Crippen MR) is 59.9 cm³/mol. The van der Waals surface area contributed by atoms with E-state index in [4.69, 9.17) is 9.47 Å². The molecule has 2 rings (SSSR count). The van der Waals surface area contributed by atoms with Gasteiger partial charge in [0.05, 0.1) is 26.0 Å². The predicted octanol–water partition coefficient (Wildman–Crippen LogP) is 0.485. The minimum Gasteiger partial charge on any atom is -0.480 e. The second-order valence-electron chi connectivity index (χ2n) is 3.89. The van der Waals surface area contributed by atoms with Crippen molar-refractivity contribution in [2.45, 2.75) is 19.4 Å². The minimum absolute atomic E-state index is 0.0136. The lowest BCUT2D eigenvalue weighted by Crippen LogP contribution is -2.28. The molecule has 1 aliphatic rings. The summed E-state index contributed by atoms with van der Waals surface area (Å²) >= 11 is 0. The second kappa shape index (κ2) is 4.99. The molecule has 2 heterocycles. The number of ether oxygens (including phenoxy) is 2. The number of hydrogen-bond acceptors (Lipinski definition) is 5. The normalized spacial score (nSPS) is 19.2. The highest BCUT2D eigenvalue weighted by Crippen LogP contribution is 2.17. The molecule has 1 unspecified atom stereocenters. The van der Waals surface area contributed by atoms with Gasteiger partial charge >= 0.3 is 0 Å². The second-order valence-corrected chi connectivity index (χ2v) is 3.89. The number of hydrogen-bond donors (Lipinski definition) is 0. The lowest BCUT2D eigenvalue weighted by atomic mass is 10.3. The Bertz CT molecular complexity index is 411. The summed E-state index contributed by atoms with van der Waals surface area (Å²) in [5, 5.41) is 0. The van der Waals surface area contributed by atoms with Crippen LogP contribution in [0.5, 0.6) is 11.8 Å². The Morgan fingerprint density at radius 2 is 2.24 bits per heavy atom. The molecule has 0 bridgehead atoms. The van der Waals surface area contributed by atoms with Gasteiger partial charge in [0.1, 0.15) is 6.10 Å². The fourth-order valence-corrected chi connectivity index (χ4v) is 1.77. The molecule has 1 aromatic rings. The first-order valence-corrected chi connectivity index (χ1v) is 5.47. The minimum atomic E-state index is -0.0136. The van der Waals surface area contributed by atoms with Crippen LogP contribution in [0.15, 0.2) is 12.4 Å². The number of carbonyl (C=O) groups is 1. The van der Waals surface area contributed by atoms with Crippen molar-refractivity contribution >= 4 is 5.91 Å². The average Bonchev–Trinajstić information content (AvgIpc) is 2.78. The maximum absolute atomic E-state index is 11.2. The summed E-state index contributed by atoms with van der Waals surface area (Å²) in [7, 11) is 1.53. The maximum atomic E-state index is 11.2. The van der Waals surface area contributed by atoms with Crippen molar-refractivity contribution in [3.05, 3.63) is 12.4 Å². The quantitative estimate of drug-likeness (QED) is 0.765. The summed E-state index contributed by atoms with van der Waals surface area (Å²) in [6, 6.07) is 0. The van der Waals surface area contributed by atoms with E-state index >= 15 is 0 Å². The van der Waals surface area contributed by atoms with E-state index in [0.717, 1.165) is 13.0 Å². The molecule has 1 aliphatic heterocycles. The third kappa shape index (κ3) is 2.83. The van der Waals surface area contributed by atoms with E-state index in [1.165, 1.54) is 13.3 Å². The van der Waals surface area contributed by atoms with Crippen LogP contribution in [0.4, 0.5) is 0 Å². The molecule has 0 aliphatic carbocycles. The Hall–Kier alpha value is -1.85.